The highest BCUT2D eigenvalue weighted by Gasteiger charge is 2.40. The lowest BCUT2D eigenvalue weighted by Crippen LogP contribution is -2.61. The van der Waals surface area contributed by atoms with Gasteiger partial charge in [0.15, 0.2) is 0 Å². The van der Waals surface area contributed by atoms with Crippen LogP contribution in [-0.2, 0) is 9.59 Å². The van der Waals surface area contributed by atoms with E-state index < -0.39 is 11.6 Å². The van der Waals surface area contributed by atoms with Gasteiger partial charge in [0.2, 0.25) is 11.8 Å². The van der Waals surface area contributed by atoms with Crippen molar-refractivity contribution in [3.63, 3.8) is 0 Å². The molecule has 190 valence electrons. The van der Waals surface area contributed by atoms with Crippen LogP contribution in [0.5, 0.6) is 0 Å². The van der Waals surface area contributed by atoms with E-state index >= 15 is 0 Å². The zero-order valence-corrected chi connectivity index (χ0v) is 21.2. The van der Waals surface area contributed by atoms with E-state index in [1.807, 2.05) is 0 Å². The lowest BCUT2D eigenvalue weighted by molar-refractivity contribution is -0.125. The zero-order chi connectivity index (χ0) is 25.4. The minimum absolute atomic E-state index is 0.150. The first-order chi connectivity index (χ1) is 16.7. The maximum absolute atomic E-state index is 13.5. The Hall–Kier alpha value is -2.92. The number of piperidine rings is 1. The number of nitriles is 1. The summed E-state index contributed by atoms with van der Waals surface area (Å²) in [6.45, 7) is 6.30. The molecule has 1 aliphatic carbocycles. The largest absolute Gasteiger partial charge is 0.340 e. The molecule has 2 aliphatic rings. The third-order valence-electron chi connectivity index (χ3n) is 7.29. The molecule has 0 aromatic heterocycles. The van der Waals surface area contributed by atoms with Crippen LogP contribution < -0.4 is 21.3 Å². The highest BCUT2D eigenvalue weighted by Crippen LogP contribution is 2.29. The van der Waals surface area contributed by atoms with E-state index in [0.717, 1.165) is 25.7 Å². The van der Waals surface area contributed by atoms with Gasteiger partial charge in [-0.05, 0) is 61.9 Å². The standard InChI is InChI=1S/C27H39N5O3/c1-18(2)24-16-27(17-28,13-14-29-24)32-26(35)23(15-20-7-5-4-6-8-20)31-25(34)21-9-11-22(12-10-21)30-19(3)33/h9-12,18,20,23-24,29H,4-8,13-16H2,1-3H3,(H,30,33)(H,31,34)(H,32,35). The van der Waals surface area contributed by atoms with Crippen LogP contribution >= 0.6 is 0 Å². The molecule has 1 heterocycles. The van der Waals surface area contributed by atoms with Gasteiger partial charge in [0.05, 0.1) is 6.07 Å². The van der Waals surface area contributed by atoms with Gasteiger partial charge in [-0.15, -0.1) is 0 Å². The predicted molar refractivity (Wildman–Crippen MR) is 136 cm³/mol. The number of rotatable bonds is 8. The molecular formula is C27H39N5O3. The number of hydrogen-bond donors (Lipinski definition) is 4. The number of hydrogen-bond acceptors (Lipinski definition) is 5. The molecule has 0 spiro atoms. The second kappa shape index (κ2) is 12.2. The number of nitrogens with one attached hydrogen (secondary N) is 4. The molecule has 35 heavy (non-hydrogen) atoms. The van der Waals surface area contributed by atoms with E-state index in [1.165, 1.54) is 13.3 Å². The molecule has 3 unspecified atom stereocenters. The Kier molecular flexibility index (Phi) is 9.27. The van der Waals surface area contributed by atoms with Gasteiger partial charge in [-0.1, -0.05) is 46.0 Å². The van der Waals surface area contributed by atoms with Crippen LogP contribution in [0.15, 0.2) is 24.3 Å². The Morgan fingerprint density at radius 2 is 1.83 bits per heavy atom. The molecule has 1 aliphatic heterocycles. The van der Waals surface area contributed by atoms with Crippen LogP contribution in [-0.4, -0.2) is 41.9 Å². The van der Waals surface area contributed by atoms with Crippen molar-refractivity contribution in [1.82, 2.24) is 16.0 Å². The lowest BCUT2D eigenvalue weighted by atomic mass is 9.80. The van der Waals surface area contributed by atoms with Crippen LogP contribution in [0.3, 0.4) is 0 Å². The van der Waals surface area contributed by atoms with E-state index in [0.29, 0.717) is 48.9 Å². The molecule has 0 bridgehead atoms. The average Bonchev–Trinajstić information content (AvgIpc) is 2.84. The van der Waals surface area contributed by atoms with Gasteiger partial charge in [-0.3, -0.25) is 14.4 Å². The van der Waals surface area contributed by atoms with Crippen LogP contribution in [0.25, 0.3) is 0 Å². The Balaban J connectivity index is 1.74. The van der Waals surface area contributed by atoms with Gasteiger partial charge >= 0.3 is 0 Å². The fourth-order valence-corrected chi connectivity index (χ4v) is 5.20. The quantitative estimate of drug-likeness (QED) is 0.453. The van der Waals surface area contributed by atoms with E-state index in [1.54, 1.807) is 24.3 Å². The SMILES string of the molecule is CC(=O)Nc1ccc(C(=O)NC(CC2CCCCC2)C(=O)NC2(C#N)CCNC(C(C)C)C2)cc1. The minimum Gasteiger partial charge on any atom is -0.340 e. The Morgan fingerprint density at radius 1 is 1.14 bits per heavy atom. The molecule has 1 aromatic carbocycles. The zero-order valence-electron chi connectivity index (χ0n) is 21.2. The lowest BCUT2D eigenvalue weighted by Gasteiger charge is -2.39. The second-order valence-corrected chi connectivity index (χ2v) is 10.5. The number of benzene rings is 1. The average molecular weight is 482 g/mol. The smallest absolute Gasteiger partial charge is 0.251 e. The third kappa shape index (κ3) is 7.53. The topological polar surface area (TPSA) is 123 Å². The van der Waals surface area contributed by atoms with Crippen LogP contribution in [0, 0.1) is 23.2 Å². The summed E-state index contributed by atoms with van der Waals surface area (Å²) in [5.74, 6) is -0.0959. The molecule has 8 heteroatoms. The van der Waals surface area contributed by atoms with Crippen molar-refractivity contribution in [3.8, 4) is 6.07 Å². The highest BCUT2D eigenvalue weighted by molar-refractivity contribution is 5.98. The first-order valence-corrected chi connectivity index (χ1v) is 12.9. The van der Waals surface area contributed by atoms with Gasteiger partial charge in [0, 0.05) is 24.2 Å². The van der Waals surface area contributed by atoms with Crippen LogP contribution in [0.4, 0.5) is 5.69 Å². The van der Waals surface area contributed by atoms with Gasteiger partial charge in [-0.2, -0.15) is 5.26 Å². The fraction of sp³-hybridized carbons (Fsp3) is 0.630. The number of nitrogens with zero attached hydrogens (tertiary/aromatic N) is 1. The van der Waals surface area contributed by atoms with Gasteiger partial charge < -0.3 is 21.3 Å². The van der Waals surface area contributed by atoms with E-state index in [-0.39, 0.29) is 23.8 Å². The highest BCUT2D eigenvalue weighted by atomic mass is 16.2. The molecule has 3 atom stereocenters. The van der Waals surface area contributed by atoms with Crippen LogP contribution in [0.2, 0.25) is 0 Å². The molecule has 1 saturated heterocycles. The van der Waals surface area contributed by atoms with Crippen molar-refractivity contribution in [3.05, 3.63) is 29.8 Å². The monoisotopic (exact) mass is 481 g/mol. The predicted octanol–water partition coefficient (Wildman–Crippen LogP) is 3.50. The van der Waals surface area contributed by atoms with Gasteiger partial charge in [-0.25, -0.2) is 0 Å². The van der Waals surface area contributed by atoms with Crippen LogP contribution in [0.1, 0.15) is 82.5 Å². The molecule has 3 amide bonds. The summed E-state index contributed by atoms with van der Waals surface area (Å²) in [5, 5.41) is 22.1. The van der Waals surface area contributed by atoms with Crippen molar-refractivity contribution >= 4 is 23.4 Å². The molecule has 1 saturated carbocycles. The van der Waals surface area contributed by atoms with Crippen molar-refractivity contribution < 1.29 is 14.4 Å². The molecule has 8 nitrogen and oxygen atoms in total. The minimum atomic E-state index is -0.938. The van der Waals surface area contributed by atoms with Crippen molar-refractivity contribution in [2.24, 2.45) is 11.8 Å². The summed E-state index contributed by atoms with van der Waals surface area (Å²) < 4.78 is 0. The Bertz CT molecular complexity index is 933. The van der Waals surface area contributed by atoms with E-state index in [2.05, 4.69) is 41.2 Å². The summed E-state index contributed by atoms with van der Waals surface area (Å²) in [7, 11) is 0. The number of amides is 3. The summed E-state index contributed by atoms with van der Waals surface area (Å²) in [5.41, 5.74) is 0.0803. The molecule has 0 radical (unpaired) electrons. The summed E-state index contributed by atoms with van der Waals surface area (Å²) in [6.07, 6.45) is 7.23. The van der Waals surface area contributed by atoms with Crippen molar-refractivity contribution in [1.29, 1.82) is 5.26 Å². The molecule has 3 rings (SSSR count). The first kappa shape index (κ1) is 26.7. The third-order valence-corrected chi connectivity index (χ3v) is 7.29. The maximum Gasteiger partial charge on any atom is 0.251 e. The molecule has 1 aromatic rings. The Labute approximate surface area is 208 Å². The number of carbonyl (C=O) groups excluding carboxylic acids is 3. The fourth-order valence-electron chi connectivity index (χ4n) is 5.20. The maximum atomic E-state index is 13.5. The van der Waals surface area contributed by atoms with Gasteiger partial charge in [0.25, 0.3) is 5.91 Å². The summed E-state index contributed by atoms with van der Waals surface area (Å²) in [4.78, 5) is 37.8. The summed E-state index contributed by atoms with van der Waals surface area (Å²) >= 11 is 0. The van der Waals surface area contributed by atoms with E-state index in [4.69, 9.17) is 0 Å². The van der Waals surface area contributed by atoms with Gasteiger partial charge in [0.1, 0.15) is 11.6 Å². The molecule has 2 fully saturated rings. The van der Waals surface area contributed by atoms with E-state index in [9.17, 15) is 19.6 Å². The van der Waals surface area contributed by atoms with Crippen molar-refractivity contribution in [2.45, 2.75) is 89.8 Å². The number of anilines is 1. The second-order valence-electron chi connectivity index (χ2n) is 10.5. The Morgan fingerprint density at radius 3 is 2.43 bits per heavy atom. The van der Waals surface area contributed by atoms with Crippen molar-refractivity contribution in [2.75, 3.05) is 11.9 Å². The number of carbonyl (C=O) groups is 3. The molecular weight excluding hydrogens is 442 g/mol. The first-order valence-electron chi connectivity index (χ1n) is 12.9. The summed E-state index contributed by atoms with van der Waals surface area (Å²) in [6, 6.07) is 8.41. The normalized spacial score (nSPS) is 23.7. The molecule has 4 N–H and O–H groups in total.